The molecule has 2 aromatic rings. The van der Waals surface area contributed by atoms with Crippen LogP contribution in [0.2, 0.25) is 0 Å². The fourth-order valence-electron chi connectivity index (χ4n) is 2.93. The van der Waals surface area contributed by atoms with Gasteiger partial charge in [-0.25, -0.2) is 4.79 Å². The minimum Gasteiger partial charge on any atom is -0.490 e. The number of carbonyl (C=O) groups is 2. The molecule has 8 heteroatoms. The summed E-state index contributed by atoms with van der Waals surface area (Å²) in [5, 5.41) is 17.6. The number of carboxylic acid groups (broad SMARTS) is 1. The predicted molar refractivity (Wildman–Crippen MR) is 97.4 cm³/mol. The lowest BCUT2D eigenvalue weighted by atomic mass is 10.1. The van der Waals surface area contributed by atoms with Gasteiger partial charge in [0, 0.05) is 5.56 Å². The topological polar surface area (TPSA) is 97.5 Å². The van der Waals surface area contributed by atoms with Crippen molar-refractivity contribution in [3.8, 4) is 5.75 Å². The summed E-state index contributed by atoms with van der Waals surface area (Å²) in [6.45, 7) is 6.35. The van der Waals surface area contributed by atoms with Crippen molar-refractivity contribution in [1.29, 1.82) is 0 Å². The third-order valence-electron chi connectivity index (χ3n) is 4.42. The van der Waals surface area contributed by atoms with E-state index in [0.717, 1.165) is 5.57 Å². The third-order valence-corrected chi connectivity index (χ3v) is 4.42. The lowest BCUT2D eigenvalue weighted by molar-refractivity contribution is -0.143. The second-order valence-corrected chi connectivity index (χ2v) is 6.68. The van der Waals surface area contributed by atoms with Gasteiger partial charge in [0.25, 0.3) is 5.91 Å². The average Bonchev–Trinajstić information content (AvgIpc) is 3.00. The molecule has 0 radical (unpaired) electrons. The van der Waals surface area contributed by atoms with Crippen LogP contribution in [0.4, 0.5) is 0 Å². The molecule has 0 bridgehead atoms. The molecule has 1 aromatic carbocycles. The molecule has 0 fully saturated rings. The third kappa shape index (κ3) is 3.99. The van der Waals surface area contributed by atoms with Crippen LogP contribution in [0.5, 0.6) is 5.75 Å². The lowest BCUT2D eigenvalue weighted by Gasteiger charge is -2.33. The van der Waals surface area contributed by atoms with Gasteiger partial charge in [0.05, 0.1) is 13.1 Å². The fraction of sp³-hybridized carbons (Fsp3) is 0.368. The highest BCUT2D eigenvalue weighted by atomic mass is 16.5. The maximum absolute atomic E-state index is 13.0. The molecule has 27 heavy (non-hydrogen) atoms. The quantitative estimate of drug-likeness (QED) is 0.809. The van der Waals surface area contributed by atoms with E-state index in [-0.39, 0.29) is 19.0 Å². The second kappa shape index (κ2) is 7.61. The van der Waals surface area contributed by atoms with Crippen molar-refractivity contribution in [3.05, 3.63) is 53.1 Å². The van der Waals surface area contributed by atoms with E-state index in [1.165, 1.54) is 4.90 Å². The van der Waals surface area contributed by atoms with Crippen LogP contribution in [0, 0.1) is 6.92 Å². The number of ether oxygens (including phenoxy) is 1. The molecule has 0 spiro atoms. The molecular weight excluding hydrogens is 348 g/mol. The fourth-order valence-corrected chi connectivity index (χ4v) is 2.93. The molecule has 3 rings (SSSR count). The predicted octanol–water partition coefficient (Wildman–Crippen LogP) is 2.04. The summed E-state index contributed by atoms with van der Waals surface area (Å²) in [6, 6.07) is 5.79. The Morgan fingerprint density at radius 3 is 2.81 bits per heavy atom. The van der Waals surface area contributed by atoms with E-state index in [9.17, 15) is 14.7 Å². The zero-order chi connectivity index (χ0) is 19.6. The number of rotatable bonds is 5. The number of aryl methyl sites for hydroxylation is 1. The summed E-state index contributed by atoms with van der Waals surface area (Å²) in [5.41, 5.74) is 1.51. The van der Waals surface area contributed by atoms with Gasteiger partial charge < -0.3 is 19.3 Å². The molecule has 1 aliphatic heterocycles. The first-order chi connectivity index (χ1) is 12.9. The molecule has 2 heterocycles. The molecular formula is C19H22N4O4. The van der Waals surface area contributed by atoms with Crippen LogP contribution >= 0.6 is 0 Å². The van der Waals surface area contributed by atoms with Crippen molar-refractivity contribution >= 4 is 11.9 Å². The molecule has 1 unspecified atom stereocenters. The van der Waals surface area contributed by atoms with Gasteiger partial charge in [0.15, 0.2) is 5.82 Å². The van der Waals surface area contributed by atoms with Gasteiger partial charge in [-0.3, -0.25) is 4.79 Å². The Morgan fingerprint density at radius 2 is 2.11 bits per heavy atom. The van der Waals surface area contributed by atoms with Crippen LogP contribution in [0.15, 0.2) is 35.9 Å². The Hall–Kier alpha value is -3.16. The number of carboxylic acids is 1. The van der Waals surface area contributed by atoms with Gasteiger partial charge in [-0.1, -0.05) is 11.6 Å². The number of hydrogen-bond acceptors (Lipinski definition) is 5. The Bertz CT molecular complexity index is 899. The van der Waals surface area contributed by atoms with Crippen molar-refractivity contribution in [2.75, 3.05) is 6.61 Å². The summed E-state index contributed by atoms with van der Waals surface area (Å²) in [5.74, 6) is 0.341. The van der Waals surface area contributed by atoms with Gasteiger partial charge in [0.1, 0.15) is 24.2 Å². The molecule has 1 aromatic heterocycles. The minimum absolute atomic E-state index is 0.0967. The first-order valence-corrected chi connectivity index (χ1v) is 8.65. The number of fused-ring (bicyclic) bond motifs is 1. The minimum atomic E-state index is -1.06. The summed E-state index contributed by atoms with van der Waals surface area (Å²) >= 11 is 0. The highest BCUT2D eigenvalue weighted by Crippen LogP contribution is 2.22. The molecule has 0 aliphatic carbocycles. The zero-order valence-corrected chi connectivity index (χ0v) is 15.5. The van der Waals surface area contributed by atoms with Crippen molar-refractivity contribution in [2.45, 2.75) is 39.9 Å². The highest BCUT2D eigenvalue weighted by Gasteiger charge is 2.36. The maximum atomic E-state index is 13.0. The molecule has 1 N–H and O–H groups in total. The van der Waals surface area contributed by atoms with Gasteiger partial charge >= 0.3 is 5.97 Å². The van der Waals surface area contributed by atoms with E-state index in [2.05, 4.69) is 10.2 Å². The summed E-state index contributed by atoms with van der Waals surface area (Å²) < 4.78 is 7.38. The zero-order valence-electron chi connectivity index (χ0n) is 15.5. The molecule has 0 saturated heterocycles. The number of amides is 1. The lowest BCUT2D eigenvalue weighted by Crippen LogP contribution is -2.50. The molecule has 0 saturated carbocycles. The van der Waals surface area contributed by atoms with E-state index >= 15 is 0 Å². The summed E-state index contributed by atoms with van der Waals surface area (Å²) in [7, 11) is 0. The first-order valence-electron chi connectivity index (χ1n) is 8.65. The highest BCUT2D eigenvalue weighted by molar-refractivity contribution is 5.97. The maximum Gasteiger partial charge on any atom is 0.328 e. The number of nitrogens with zero attached hydrogens (tertiary/aromatic N) is 4. The number of aliphatic carboxylic acids is 1. The number of carbonyl (C=O) groups excluding carboxylic acids is 1. The average molecular weight is 370 g/mol. The summed E-state index contributed by atoms with van der Waals surface area (Å²) in [4.78, 5) is 26.1. The largest absolute Gasteiger partial charge is 0.490 e. The van der Waals surface area contributed by atoms with Crippen molar-refractivity contribution in [3.63, 3.8) is 0 Å². The van der Waals surface area contributed by atoms with E-state index in [4.69, 9.17) is 4.74 Å². The molecule has 1 aliphatic rings. The second-order valence-electron chi connectivity index (χ2n) is 6.68. The Kier molecular flexibility index (Phi) is 5.25. The Morgan fingerprint density at radius 1 is 1.33 bits per heavy atom. The standard InChI is InChI=1S/C19H22N4O4/c1-12(2)7-8-27-15-6-4-5-14(9-15)18(24)23-11-17-21-20-13(3)22(17)10-16(23)19(25)26/h4-7,9,16H,8,10-11H2,1-3H3,(H,25,26). The SMILES string of the molecule is CC(C)=CCOc1cccc(C(=O)N2Cc3nnc(C)n3CC2C(=O)O)c1. The summed E-state index contributed by atoms with van der Waals surface area (Å²) in [6.07, 6.45) is 1.94. The van der Waals surface area contributed by atoms with Gasteiger partial charge in [-0.2, -0.15) is 0 Å². The van der Waals surface area contributed by atoms with Crippen LogP contribution in [0.3, 0.4) is 0 Å². The van der Waals surface area contributed by atoms with Crippen molar-refractivity contribution in [1.82, 2.24) is 19.7 Å². The van der Waals surface area contributed by atoms with Gasteiger partial charge in [0.2, 0.25) is 0 Å². The van der Waals surface area contributed by atoms with Crippen LogP contribution < -0.4 is 4.74 Å². The number of aromatic nitrogens is 3. The van der Waals surface area contributed by atoms with E-state index in [1.807, 2.05) is 19.9 Å². The molecule has 1 amide bonds. The molecule has 142 valence electrons. The monoisotopic (exact) mass is 370 g/mol. The Labute approximate surface area is 157 Å². The van der Waals surface area contributed by atoms with Crippen LogP contribution in [0.1, 0.15) is 35.9 Å². The number of benzene rings is 1. The molecule has 1 atom stereocenters. The van der Waals surface area contributed by atoms with Crippen molar-refractivity contribution in [2.24, 2.45) is 0 Å². The number of allylic oxidation sites excluding steroid dienone is 1. The van der Waals surface area contributed by atoms with E-state index in [1.54, 1.807) is 35.8 Å². The van der Waals surface area contributed by atoms with Gasteiger partial charge in [-0.05, 0) is 45.0 Å². The first kappa shape index (κ1) is 18.6. The Balaban J connectivity index is 1.83. The number of hydrogen-bond donors (Lipinski definition) is 1. The normalized spacial score (nSPS) is 15.8. The van der Waals surface area contributed by atoms with Crippen LogP contribution in [-0.4, -0.2) is 49.3 Å². The van der Waals surface area contributed by atoms with Crippen molar-refractivity contribution < 1.29 is 19.4 Å². The van der Waals surface area contributed by atoms with Crippen LogP contribution in [-0.2, 0) is 17.9 Å². The van der Waals surface area contributed by atoms with Crippen LogP contribution in [0.25, 0.3) is 0 Å². The van der Waals surface area contributed by atoms with Gasteiger partial charge in [-0.15, -0.1) is 10.2 Å². The van der Waals surface area contributed by atoms with E-state index in [0.29, 0.717) is 29.6 Å². The molecule has 8 nitrogen and oxygen atoms in total. The van der Waals surface area contributed by atoms with E-state index < -0.39 is 12.0 Å². The smallest absolute Gasteiger partial charge is 0.328 e.